The Labute approximate surface area is 106 Å². The molecule has 0 radical (unpaired) electrons. The quantitative estimate of drug-likeness (QED) is 0.915. The molecular weight excluding hydrogens is 288 g/mol. The van der Waals surface area contributed by atoms with Crippen LogP contribution < -0.4 is 5.73 Å². The number of aromatic nitrogens is 1. The zero-order valence-corrected chi connectivity index (χ0v) is 10.8. The van der Waals surface area contributed by atoms with Gasteiger partial charge in [-0.3, -0.25) is 0 Å². The lowest BCUT2D eigenvalue weighted by Crippen LogP contribution is -2.11. The number of aliphatic hydroxyl groups excluding tert-OH is 1. The van der Waals surface area contributed by atoms with E-state index in [2.05, 4.69) is 20.9 Å². The SMILES string of the molecule is NCC(O)c1csc(-c2ccccc2Br)n1. The fourth-order valence-corrected chi connectivity index (χ4v) is 2.83. The number of benzene rings is 1. The standard InChI is InChI=1S/C11H11BrN2OS/c12-8-4-2-1-3-7(8)11-14-9(6-16-11)10(15)5-13/h1-4,6,10,15H,5,13H2. The first-order valence-corrected chi connectivity index (χ1v) is 6.48. The highest BCUT2D eigenvalue weighted by Crippen LogP contribution is 2.31. The van der Waals surface area contributed by atoms with Crippen molar-refractivity contribution < 1.29 is 5.11 Å². The summed E-state index contributed by atoms with van der Waals surface area (Å²) in [5.41, 5.74) is 7.06. The minimum Gasteiger partial charge on any atom is -0.385 e. The summed E-state index contributed by atoms with van der Waals surface area (Å²) in [7, 11) is 0. The van der Waals surface area contributed by atoms with Gasteiger partial charge in [0.25, 0.3) is 0 Å². The highest BCUT2D eigenvalue weighted by atomic mass is 79.9. The first-order valence-electron chi connectivity index (χ1n) is 4.81. The van der Waals surface area contributed by atoms with Crippen LogP contribution in [0.15, 0.2) is 34.1 Å². The van der Waals surface area contributed by atoms with E-state index in [1.54, 1.807) is 0 Å². The van der Waals surface area contributed by atoms with Crippen molar-refractivity contribution >= 4 is 27.3 Å². The number of nitrogens with zero attached hydrogens (tertiary/aromatic N) is 1. The van der Waals surface area contributed by atoms with Crippen LogP contribution in [-0.4, -0.2) is 16.6 Å². The van der Waals surface area contributed by atoms with E-state index in [0.717, 1.165) is 15.0 Å². The molecule has 0 aliphatic carbocycles. The Morgan fingerprint density at radius 3 is 2.88 bits per heavy atom. The Morgan fingerprint density at radius 1 is 1.44 bits per heavy atom. The minimum atomic E-state index is -0.674. The van der Waals surface area contributed by atoms with Crippen molar-refractivity contribution in [2.75, 3.05) is 6.54 Å². The lowest BCUT2D eigenvalue weighted by molar-refractivity contribution is 0.182. The number of halogens is 1. The van der Waals surface area contributed by atoms with Gasteiger partial charge in [0.15, 0.2) is 0 Å². The van der Waals surface area contributed by atoms with Gasteiger partial charge in [0.2, 0.25) is 0 Å². The number of nitrogens with two attached hydrogens (primary N) is 1. The topological polar surface area (TPSA) is 59.1 Å². The van der Waals surface area contributed by atoms with E-state index in [0.29, 0.717) is 5.69 Å². The summed E-state index contributed by atoms with van der Waals surface area (Å²) in [4.78, 5) is 4.37. The fraction of sp³-hybridized carbons (Fsp3) is 0.182. The third-order valence-electron chi connectivity index (χ3n) is 2.19. The molecule has 5 heteroatoms. The van der Waals surface area contributed by atoms with E-state index in [1.165, 1.54) is 11.3 Å². The highest BCUT2D eigenvalue weighted by Gasteiger charge is 2.12. The Hall–Kier alpha value is -0.750. The van der Waals surface area contributed by atoms with Crippen LogP contribution in [0.4, 0.5) is 0 Å². The van der Waals surface area contributed by atoms with Gasteiger partial charge in [-0.15, -0.1) is 11.3 Å². The average Bonchev–Trinajstić information content (AvgIpc) is 2.78. The van der Waals surface area contributed by atoms with E-state index < -0.39 is 6.10 Å². The van der Waals surface area contributed by atoms with Crippen molar-refractivity contribution in [2.24, 2.45) is 5.73 Å². The maximum absolute atomic E-state index is 9.57. The molecule has 1 heterocycles. The smallest absolute Gasteiger partial charge is 0.124 e. The van der Waals surface area contributed by atoms with E-state index in [9.17, 15) is 5.11 Å². The Bertz CT molecular complexity index is 486. The van der Waals surface area contributed by atoms with E-state index >= 15 is 0 Å². The number of thiazole rings is 1. The van der Waals surface area contributed by atoms with Gasteiger partial charge in [-0.2, -0.15) is 0 Å². The molecule has 84 valence electrons. The average molecular weight is 299 g/mol. The molecule has 16 heavy (non-hydrogen) atoms. The van der Waals surface area contributed by atoms with Crippen LogP contribution >= 0.6 is 27.3 Å². The Kier molecular flexibility index (Phi) is 3.70. The van der Waals surface area contributed by atoms with Gasteiger partial charge in [-0.1, -0.05) is 34.1 Å². The molecule has 3 N–H and O–H groups in total. The summed E-state index contributed by atoms with van der Waals surface area (Å²) in [6, 6.07) is 7.87. The molecule has 2 rings (SSSR count). The summed E-state index contributed by atoms with van der Waals surface area (Å²) >= 11 is 4.98. The molecule has 0 aliphatic heterocycles. The second-order valence-electron chi connectivity index (χ2n) is 3.31. The van der Waals surface area contributed by atoms with Crippen molar-refractivity contribution in [3.05, 3.63) is 39.8 Å². The molecular formula is C11H11BrN2OS. The van der Waals surface area contributed by atoms with Crippen molar-refractivity contribution in [3.8, 4) is 10.6 Å². The van der Waals surface area contributed by atoms with E-state index in [4.69, 9.17) is 5.73 Å². The summed E-state index contributed by atoms with van der Waals surface area (Å²) in [5.74, 6) is 0. The molecule has 1 atom stereocenters. The normalized spacial score (nSPS) is 12.7. The van der Waals surface area contributed by atoms with Gasteiger partial charge in [-0.05, 0) is 6.07 Å². The number of rotatable bonds is 3. The second-order valence-corrected chi connectivity index (χ2v) is 5.02. The molecule has 3 nitrogen and oxygen atoms in total. The molecule has 1 unspecified atom stereocenters. The van der Waals surface area contributed by atoms with Crippen LogP contribution in [0.5, 0.6) is 0 Å². The van der Waals surface area contributed by atoms with Crippen molar-refractivity contribution in [1.29, 1.82) is 0 Å². The lowest BCUT2D eigenvalue weighted by atomic mass is 10.2. The third-order valence-corrected chi connectivity index (χ3v) is 3.78. The molecule has 0 saturated heterocycles. The van der Waals surface area contributed by atoms with Crippen molar-refractivity contribution in [3.63, 3.8) is 0 Å². The maximum Gasteiger partial charge on any atom is 0.124 e. The largest absolute Gasteiger partial charge is 0.385 e. The number of aliphatic hydroxyl groups is 1. The van der Waals surface area contributed by atoms with Crippen LogP contribution in [0, 0.1) is 0 Å². The van der Waals surface area contributed by atoms with Crippen LogP contribution in [-0.2, 0) is 0 Å². The van der Waals surface area contributed by atoms with Crippen LogP contribution in [0.3, 0.4) is 0 Å². The minimum absolute atomic E-state index is 0.194. The maximum atomic E-state index is 9.57. The molecule has 0 spiro atoms. The predicted molar refractivity (Wildman–Crippen MR) is 69.3 cm³/mol. The van der Waals surface area contributed by atoms with Crippen LogP contribution in [0.1, 0.15) is 11.8 Å². The van der Waals surface area contributed by atoms with E-state index in [-0.39, 0.29) is 6.54 Å². The van der Waals surface area contributed by atoms with Gasteiger partial charge in [0, 0.05) is 22.0 Å². The first kappa shape index (κ1) is 11.7. The fourth-order valence-electron chi connectivity index (χ4n) is 1.32. The molecule has 0 saturated carbocycles. The molecule has 1 aromatic carbocycles. The zero-order valence-electron chi connectivity index (χ0n) is 8.43. The van der Waals surface area contributed by atoms with Crippen LogP contribution in [0.25, 0.3) is 10.6 Å². The number of hydrogen-bond acceptors (Lipinski definition) is 4. The van der Waals surface area contributed by atoms with Gasteiger partial charge in [0.05, 0.1) is 5.69 Å². The van der Waals surface area contributed by atoms with Gasteiger partial charge < -0.3 is 10.8 Å². The second kappa shape index (κ2) is 5.05. The summed E-state index contributed by atoms with van der Waals surface area (Å²) in [6.07, 6.45) is -0.674. The lowest BCUT2D eigenvalue weighted by Gasteiger charge is -2.02. The van der Waals surface area contributed by atoms with Gasteiger partial charge in [0.1, 0.15) is 11.1 Å². The molecule has 0 aliphatic rings. The predicted octanol–water partition coefficient (Wildman–Crippen LogP) is 2.56. The van der Waals surface area contributed by atoms with E-state index in [1.807, 2.05) is 29.6 Å². The summed E-state index contributed by atoms with van der Waals surface area (Å²) in [6.45, 7) is 0.194. The molecule has 0 amide bonds. The molecule has 1 aromatic heterocycles. The van der Waals surface area contributed by atoms with Crippen molar-refractivity contribution in [2.45, 2.75) is 6.10 Å². The monoisotopic (exact) mass is 298 g/mol. The Balaban J connectivity index is 2.35. The Morgan fingerprint density at radius 2 is 2.19 bits per heavy atom. The van der Waals surface area contributed by atoms with Crippen molar-refractivity contribution in [1.82, 2.24) is 4.98 Å². The van der Waals surface area contributed by atoms with Gasteiger partial charge in [-0.25, -0.2) is 4.98 Å². The zero-order chi connectivity index (χ0) is 11.5. The number of hydrogen-bond donors (Lipinski definition) is 2. The molecule has 0 bridgehead atoms. The summed E-state index contributed by atoms with van der Waals surface area (Å²) < 4.78 is 0.998. The molecule has 2 aromatic rings. The third kappa shape index (κ3) is 2.32. The summed E-state index contributed by atoms with van der Waals surface area (Å²) in [5, 5.41) is 12.3. The molecule has 0 fully saturated rings. The highest BCUT2D eigenvalue weighted by molar-refractivity contribution is 9.10. The van der Waals surface area contributed by atoms with Crippen LogP contribution in [0.2, 0.25) is 0 Å². The first-order chi connectivity index (χ1) is 7.72. The van der Waals surface area contributed by atoms with Gasteiger partial charge >= 0.3 is 0 Å².